The molecule has 28 heavy (non-hydrogen) atoms. The van der Waals surface area contributed by atoms with Crippen LogP contribution >= 0.6 is 0 Å². The lowest BCUT2D eigenvalue weighted by Gasteiger charge is -2.29. The minimum atomic E-state index is -3.13. The van der Waals surface area contributed by atoms with Crippen LogP contribution in [0.5, 0.6) is 5.75 Å². The molecule has 0 spiro atoms. The van der Waals surface area contributed by atoms with Gasteiger partial charge in [0.1, 0.15) is 5.75 Å². The van der Waals surface area contributed by atoms with Crippen molar-refractivity contribution in [1.29, 1.82) is 5.26 Å². The van der Waals surface area contributed by atoms with Crippen molar-refractivity contribution in [2.24, 2.45) is 0 Å². The molecule has 1 aliphatic heterocycles. The molecule has 0 N–H and O–H groups in total. The minimum Gasteiger partial charge on any atom is -0.479 e. The average Bonchev–Trinajstić information content (AvgIpc) is 3.02. The first kappa shape index (κ1) is 21.7. The summed E-state index contributed by atoms with van der Waals surface area (Å²) in [6.45, 7) is 5.05. The highest BCUT2D eigenvalue weighted by Crippen LogP contribution is 2.19. The predicted octanol–water partition coefficient (Wildman–Crippen LogP) is 1.29. The maximum absolute atomic E-state index is 12.6. The first-order chi connectivity index (χ1) is 13.2. The molecule has 152 valence electrons. The van der Waals surface area contributed by atoms with Crippen LogP contribution in [0.1, 0.15) is 32.8 Å². The Morgan fingerprint density at radius 2 is 1.89 bits per heavy atom. The molecule has 1 amide bonds. The van der Waals surface area contributed by atoms with Gasteiger partial charge in [-0.25, -0.2) is 13.2 Å². The lowest BCUT2D eigenvalue weighted by molar-refractivity contribution is -0.165. The number of carbonyl (C=O) groups excluding carboxylic acids is 2. The molecule has 0 radical (unpaired) electrons. The van der Waals surface area contributed by atoms with Crippen molar-refractivity contribution in [1.82, 2.24) is 4.90 Å². The summed E-state index contributed by atoms with van der Waals surface area (Å²) in [4.78, 5) is 26.3. The van der Waals surface area contributed by atoms with Crippen LogP contribution in [0, 0.1) is 11.3 Å². The summed E-state index contributed by atoms with van der Waals surface area (Å²) in [5.41, 5.74) is 0.468. The van der Waals surface area contributed by atoms with Crippen molar-refractivity contribution in [3.05, 3.63) is 29.8 Å². The normalized spacial score (nSPS) is 19.9. The van der Waals surface area contributed by atoms with Crippen molar-refractivity contribution in [2.75, 3.05) is 18.1 Å². The van der Waals surface area contributed by atoms with Crippen LogP contribution in [-0.2, 0) is 24.2 Å². The molecule has 0 saturated carbocycles. The van der Waals surface area contributed by atoms with Gasteiger partial charge in [-0.2, -0.15) is 5.26 Å². The maximum Gasteiger partial charge on any atom is 0.347 e. The third-order valence-corrected chi connectivity index (χ3v) is 6.29. The van der Waals surface area contributed by atoms with Crippen molar-refractivity contribution in [3.8, 4) is 11.8 Å². The zero-order valence-electron chi connectivity index (χ0n) is 16.1. The van der Waals surface area contributed by atoms with E-state index in [4.69, 9.17) is 14.7 Å². The Morgan fingerprint density at radius 3 is 2.39 bits per heavy atom. The van der Waals surface area contributed by atoms with Gasteiger partial charge in [0, 0.05) is 12.6 Å². The molecule has 0 aromatic heterocycles. The molecule has 0 aliphatic carbocycles. The Kier molecular flexibility index (Phi) is 7.02. The number of sulfone groups is 1. The van der Waals surface area contributed by atoms with Crippen molar-refractivity contribution in [2.45, 2.75) is 45.4 Å². The Balaban J connectivity index is 1.93. The quantitative estimate of drug-likeness (QED) is 0.625. The van der Waals surface area contributed by atoms with E-state index in [0.717, 1.165) is 0 Å². The monoisotopic (exact) mass is 408 g/mol. The van der Waals surface area contributed by atoms with Crippen molar-refractivity contribution < 1.29 is 27.5 Å². The fraction of sp³-hybridized carbons (Fsp3) is 0.526. The second-order valence-corrected chi connectivity index (χ2v) is 8.89. The second kappa shape index (κ2) is 9.06. The van der Waals surface area contributed by atoms with E-state index in [-0.39, 0.29) is 11.5 Å². The van der Waals surface area contributed by atoms with E-state index in [1.54, 1.807) is 31.2 Å². The molecule has 1 heterocycles. The van der Waals surface area contributed by atoms with Gasteiger partial charge in [0.05, 0.1) is 23.1 Å². The minimum absolute atomic E-state index is 0.0606. The van der Waals surface area contributed by atoms with E-state index in [1.165, 1.54) is 18.7 Å². The molecule has 0 unspecified atom stereocenters. The summed E-state index contributed by atoms with van der Waals surface area (Å²) in [5.74, 6) is -0.742. The van der Waals surface area contributed by atoms with Crippen LogP contribution in [0.4, 0.5) is 0 Å². The molecule has 1 fully saturated rings. The highest BCUT2D eigenvalue weighted by molar-refractivity contribution is 7.91. The highest BCUT2D eigenvalue weighted by atomic mass is 32.2. The number of esters is 1. The van der Waals surface area contributed by atoms with Gasteiger partial charge >= 0.3 is 5.97 Å². The molecule has 1 saturated heterocycles. The Hall–Kier alpha value is -2.60. The van der Waals surface area contributed by atoms with Gasteiger partial charge in [0.2, 0.25) is 0 Å². The highest BCUT2D eigenvalue weighted by Gasteiger charge is 2.36. The third-order valence-electron chi connectivity index (χ3n) is 4.54. The number of likely N-dealkylation sites (N-methyl/N-ethyl adjacent to an activating group) is 1. The summed E-state index contributed by atoms with van der Waals surface area (Å²) in [6, 6.07) is 7.85. The van der Waals surface area contributed by atoms with Gasteiger partial charge in [0.25, 0.3) is 5.91 Å². The predicted molar refractivity (Wildman–Crippen MR) is 101 cm³/mol. The number of rotatable bonds is 7. The van der Waals surface area contributed by atoms with Gasteiger partial charge in [-0.1, -0.05) is 0 Å². The van der Waals surface area contributed by atoms with Crippen LogP contribution in [0.2, 0.25) is 0 Å². The fourth-order valence-electron chi connectivity index (χ4n) is 3.03. The van der Waals surface area contributed by atoms with E-state index < -0.39 is 40.0 Å². The lowest BCUT2D eigenvalue weighted by atomic mass is 10.2. The first-order valence-electron chi connectivity index (χ1n) is 9.05. The zero-order valence-corrected chi connectivity index (χ0v) is 16.9. The topological polar surface area (TPSA) is 114 Å². The number of hydrogen-bond donors (Lipinski definition) is 0. The fourth-order valence-corrected chi connectivity index (χ4v) is 4.76. The van der Waals surface area contributed by atoms with E-state index in [9.17, 15) is 18.0 Å². The molecule has 0 bridgehead atoms. The first-order valence-corrected chi connectivity index (χ1v) is 10.9. The van der Waals surface area contributed by atoms with Gasteiger partial charge in [-0.3, -0.25) is 4.79 Å². The third kappa shape index (κ3) is 5.45. The van der Waals surface area contributed by atoms with Crippen LogP contribution in [0.15, 0.2) is 24.3 Å². The SMILES string of the molecule is CCN(C(=O)[C@H](C)OC(=O)[C@@H](C)Oc1ccc(C#N)cc1)[C@H]1CCS(=O)(=O)C1. The standard InChI is InChI=1S/C19H24N2O6S/c1-4-21(16-9-10-28(24,25)12-16)18(22)13(2)27-19(23)14(3)26-17-7-5-15(11-20)6-8-17/h5-8,13-14,16H,4,9-10,12H2,1-3H3/t13-,14+,16-/m0/s1. The van der Waals surface area contributed by atoms with E-state index in [2.05, 4.69) is 0 Å². The summed E-state index contributed by atoms with van der Waals surface area (Å²) in [6.07, 6.45) is -1.62. The van der Waals surface area contributed by atoms with Gasteiger partial charge < -0.3 is 14.4 Å². The van der Waals surface area contributed by atoms with Crippen LogP contribution in [0.25, 0.3) is 0 Å². The molecule has 8 nitrogen and oxygen atoms in total. The number of hydrogen-bond acceptors (Lipinski definition) is 7. The van der Waals surface area contributed by atoms with Crippen LogP contribution in [-0.4, -0.2) is 61.5 Å². The molecule has 3 atom stereocenters. The average molecular weight is 408 g/mol. The molecule has 1 aromatic carbocycles. The summed E-state index contributed by atoms with van der Waals surface area (Å²) in [5, 5.41) is 8.79. The van der Waals surface area contributed by atoms with E-state index in [1.807, 2.05) is 6.07 Å². The number of carbonyl (C=O) groups is 2. The Labute approximate surface area is 164 Å². The zero-order chi connectivity index (χ0) is 20.9. The number of nitriles is 1. The van der Waals surface area contributed by atoms with Gasteiger partial charge in [0.15, 0.2) is 22.0 Å². The van der Waals surface area contributed by atoms with Crippen LogP contribution < -0.4 is 4.74 Å². The number of amides is 1. The number of benzene rings is 1. The Morgan fingerprint density at radius 1 is 1.25 bits per heavy atom. The smallest absolute Gasteiger partial charge is 0.347 e. The molecule has 1 aliphatic rings. The molecular weight excluding hydrogens is 384 g/mol. The lowest BCUT2D eigenvalue weighted by Crippen LogP contribution is -2.47. The second-order valence-electron chi connectivity index (χ2n) is 6.66. The molecular formula is C19H24N2O6S. The largest absolute Gasteiger partial charge is 0.479 e. The van der Waals surface area contributed by atoms with Crippen molar-refractivity contribution >= 4 is 21.7 Å². The number of nitrogens with zero attached hydrogens (tertiary/aromatic N) is 2. The van der Waals surface area contributed by atoms with Gasteiger partial charge in [-0.15, -0.1) is 0 Å². The summed E-state index contributed by atoms with van der Waals surface area (Å²) >= 11 is 0. The Bertz CT molecular complexity index is 859. The van der Waals surface area contributed by atoms with Crippen LogP contribution in [0.3, 0.4) is 0 Å². The molecule has 9 heteroatoms. The van der Waals surface area contributed by atoms with Crippen molar-refractivity contribution in [3.63, 3.8) is 0 Å². The van der Waals surface area contributed by atoms with Gasteiger partial charge in [-0.05, 0) is 51.5 Å². The molecule has 2 rings (SSSR count). The summed E-state index contributed by atoms with van der Waals surface area (Å²) < 4.78 is 34.1. The van der Waals surface area contributed by atoms with E-state index >= 15 is 0 Å². The molecule has 1 aromatic rings. The maximum atomic E-state index is 12.6. The summed E-state index contributed by atoms with van der Waals surface area (Å²) in [7, 11) is -3.13. The van der Waals surface area contributed by atoms with E-state index in [0.29, 0.717) is 24.3 Å². The number of ether oxygens (including phenoxy) is 2.